The van der Waals surface area contributed by atoms with Crippen molar-refractivity contribution in [3.05, 3.63) is 83.9 Å². The minimum absolute atomic E-state index is 0.116. The Morgan fingerprint density at radius 1 is 1.03 bits per heavy atom. The molecular formula is C29H35N3O4S. The van der Waals surface area contributed by atoms with Gasteiger partial charge >= 0.3 is 0 Å². The van der Waals surface area contributed by atoms with Gasteiger partial charge in [-0.05, 0) is 72.9 Å². The Kier molecular flexibility index (Phi) is 8.07. The molecule has 3 aromatic rings. The Morgan fingerprint density at radius 2 is 1.70 bits per heavy atom. The number of methoxy groups -OCH3 is 1. The molecule has 7 nitrogen and oxygen atoms in total. The van der Waals surface area contributed by atoms with Crippen LogP contribution in [-0.2, 0) is 21.4 Å². The highest BCUT2D eigenvalue weighted by molar-refractivity contribution is 7.92. The second-order valence-electron chi connectivity index (χ2n) is 9.59. The molecule has 1 saturated carbocycles. The number of nitrogens with zero attached hydrogens (tertiary/aromatic N) is 2. The van der Waals surface area contributed by atoms with Gasteiger partial charge in [-0.1, -0.05) is 37.3 Å². The third-order valence-corrected chi connectivity index (χ3v) is 8.10. The second-order valence-corrected chi connectivity index (χ2v) is 11.3. The summed E-state index contributed by atoms with van der Waals surface area (Å²) in [6.45, 7) is 2.46. The number of anilines is 2. The first kappa shape index (κ1) is 26.5. The Labute approximate surface area is 220 Å². The summed E-state index contributed by atoms with van der Waals surface area (Å²) in [6, 6.07) is 21.9. The molecule has 8 heteroatoms. The van der Waals surface area contributed by atoms with Crippen LogP contribution >= 0.6 is 0 Å². The van der Waals surface area contributed by atoms with Crippen molar-refractivity contribution >= 4 is 27.3 Å². The van der Waals surface area contributed by atoms with E-state index < -0.39 is 10.0 Å². The largest absolute Gasteiger partial charge is 0.497 e. The fourth-order valence-electron chi connectivity index (χ4n) is 4.58. The maximum atomic E-state index is 13.8. The van der Waals surface area contributed by atoms with Gasteiger partial charge in [-0.3, -0.25) is 9.52 Å². The van der Waals surface area contributed by atoms with Gasteiger partial charge < -0.3 is 14.5 Å². The fraction of sp³-hybridized carbons (Fsp3) is 0.345. The van der Waals surface area contributed by atoms with Gasteiger partial charge in [-0.25, -0.2) is 8.42 Å². The van der Waals surface area contributed by atoms with Gasteiger partial charge in [0, 0.05) is 38.1 Å². The molecular weight excluding hydrogens is 486 g/mol. The molecule has 196 valence electrons. The summed E-state index contributed by atoms with van der Waals surface area (Å²) in [5.74, 6) is 0.494. The molecule has 0 spiro atoms. The highest BCUT2D eigenvalue weighted by Gasteiger charge is 2.36. The van der Waals surface area contributed by atoms with E-state index in [0.717, 1.165) is 29.7 Å². The van der Waals surface area contributed by atoms with Crippen LogP contribution < -0.4 is 14.4 Å². The van der Waals surface area contributed by atoms with Gasteiger partial charge in [0.25, 0.3) is 10.0 Å². The molecule has 3 aromatic carbocycles. The molecule has 0 aromatic heterocycles. The molecule has 0 bridgehead atoms. The molecule has 37 heavy (non-hydrogen) atoms. The average Bonchev–Trinajstić information content (AvgIpc) is 3.73. The number of ether oxygens (including phenoxy) is 1. The van der Waals surface area contributed by atoms with Gasteiger partial charge in [-0.2, -0.15) is 0 Å². The molecule has 1 unspecified atom stereocenters. The van der Waals surface area contributed by atoms with Crippen molar-refractivity contribution in [2.75, 3.05) is 30.8 Å². The molecule has 1 amide bonds. The summed E-state index contributed by atoms with van der Waals surface area (Å²) in [6.07, 6.45) is 2.68. The molecule has 4 rings (SSSR count). The summed E-state index contributed by atoms with van der Waals surface area (Å²) in [7, 11) is 1.64. The van der Waals surface area contributed by atoms with Crippen LogP contribution in [0.25, 0.3) is 0 Å². The molecule has 0 radical (unpaired) electrons. The van der Waals surface area contributed by atoms with E-state index in [1.54, 1.807) is 18.2 Å². The highest BCUT2D eigenvalue weighted by Crippen LogP contribution is 2.35. The van der Waals surface area contributed by atoms with Crippen LogP contribution in [0.2, 0.25) is 0 Å². The molecule has 1 fully saturated rings. The quantitative estimate of drug-likeness (QED) is 0.373. The molecule has 1 aliphatic rings. The van der Waals surface area contributed by atoms with E-state index in [4.69, 9.17) is 4.74 Å². The Balaban J connectivity index is 1.62. The van der Waals surface area contributed by atoms with Crippen molar-refractivity contribution in [3.63, 3.8) is 0 Å². The van der Waals surface area contributed by atoms with E-state index in [-0.39, 0.29) is 22.8 Å². The Morgan fingerprint density at radius 3 is 2.27 bits per heavy atom. The maximum absolute atomic E-state index is 13.8. The highest BCUT2D eigenvalue weighted by atomic mass is 32.2. The van der Waals surface area contributed by atoms with Crippen molar-refractivity contribution in [3.8, 4) is 5.75 Å². The van der Waals surface area contributed by atoms with Crippen molar-refractivity contribution in [1.29, 1.82) is 0 Å². The monoisotopic (exact) mass is 521 g/mol. The molecule has 0 aliphatic heterocycles. The van der Waals surface area contributed by atoms with Gasteiger partial charge in [0.15, 0.2) is 0 Å². The molecule has 1 N–H and O–H groups in total. The first-order chi connectivity index (χ1) is 17.7. The lowest BCUT2D eigenvalue weighted by Crippen LogP contribution is -2.36. The second kappa shape index (κ2) is 11.3. The summed E-state index contributed by atoms with van der Waals surface area (Å²) < 4.78 is 33.9. The fourth-order valence-corrected chi connectivity index (χ4v) is 5.63. The zero-order valence-electron chi connectivity index (χ0n) is 21.8. The molecule has 1 atom stereocenters. The lowest BCUT2D eigenvalue weighted by atomic mass is 9.94. The Bertz CT molecular complexity index is 1320. The van der Waals surface area contributed by atoms with E-state index in [9.17, 15) is 13.2 Å². The lowest BCUT2D eigenvalue weighted by Gasteiger charge is -2.29. The number of nitrogens with one attached hydrogen (secondary N) is 1. The number of amides is 1. The lowest BCUT2D eigenvalue weighted by molar-refractivity contribution is -0.134. The van der Waals surface area contributed by atoms with Gasteiger partial charge in [-0.15, -0.1) is 0 Å². The number of benzene rings is 3. The van der Waals surface area contributed by atoms with Gasteiger partial charge in [0.2, 0.25) is 5.91 Å². The summed E-state index contributed by atoms with van der Waals surface area (Å²) in [4.78, 5) is 17.9. The van der Waals surface area contributed by atoms with Crippen LogP contribution in [0.3, 0.4) is 0 Å². The van der Waals surface area contributed by atoms with E-state index in [1.807, 2.05) is 73.3 Å². The summed E-state index contributed by atoms with van der Waals surface area (Å²) in [5.41, 5.74) is 3.31. The van der Waals surface area contributed by atoms with Crippen LogP contribution in [0.4, 0.5) is 11.4 Å². The molecule has 1 aliphatic carbocycles. The number of rotatable bonds is 11. The van der Waals surface area contributed by atoms with E-state index in [2.05, 4.69) is 4.72 Å². The first-order valence-electron chi connectivity index (χ1n) is 12.6. The minimum atomic E-state index is -3.79. The maximum Gasteiger partial charge on any atom is 0.261 e. The smallest absolute Gasteiger partial charge is 0.261 e. The molecule has 0 saturated heterocycles. The van der Waals surface area contributed by atoms with Crippen molar-refractivity contribution in [1.82, 2.24) is 4.90 Å². The van der Waals surface area contributed by atoms with Crippen molar-refractivity contribution in [2.45, 2.75) is 49.6 Å². The standard InChI is InChI=1S/C29H35N3O4S/c1-5-27(21-9-7-6-8-10-21)29(33)32(24-12-13-24)20-22-19-23(11-18-28(22)31(2)3)30-37(34,35)26-16-14-25(36-4)15-17-26/h6-11,14-19,24,27,30H,5,12-13,20H2,1-4H3. The SMILES string of the molecule is CCC(C(=O)N(Cc1cc(NS(=O)(=O)c2ccc(OC)cc2)ccc1N(C)C)C1CC1)c1ccccc1. The topological polar surface area (TPSA) is 79.0 Å². The van der Waals surface area contributed by atoms with Crippen LogP contribution in [0.1, 0.15) is 43.2 Å². The zero-order chi connectivity index (χ0) is 26.6. The number of hydrogen-bond donors (Lipinski definition) is 1. The van der Waals surface area contributed by atoms with Crippen molar-refractivity contribution < 1.29 is 17.9 Å². The average molecular weight is 522 g/mol. The van der Waals surface area contributed by atoms with E-state index >= 15 is 0 Å². The zero-order valence-corrected chi connectivity index (χ0v) is 22.7. The molecule has 0 heterocycles. The Hall–Kier alpha value is -3.52. The predicted molar refractivity (Wildman–Crippen MR) is 148 cm³/mol. The first-order valence-corrected chi connectivity index (χ1v) is 14.0. The number of carbonyl (C=O) groups excluding carboxylic acids is 1. The van der Waals surface area contributed by atoms with Gasteiger partial charge in [0.1, 0.15) is 5.75 Å². The third-order valence-electron chi connectivity index (χ3n) is 6.70. The van der Waals surface area contributed by atoms with Crippen molar-refractivity contribution in [2.24, 2.45) is 0 Å². The van der Waals surface area contributed by atoms with E-state index in [0.29, 0.717) is 24.4 Å². The predicted octanol–water partition coefficient (Wildman–Crippen LogP) is 5.25. The number of sulfonamides is 1. The minimum Gasteiger partial charge on any atom is -0.497 e. The van der Waals surface area contributed by atoms with Crippen LogP contribution in [0, 0.1) is 0 Å². The van der Waals surface area contributed by atoms with Crippen LogP contribution in [-0.4, -0.2) is 46.5 Å². The van der Waals surface area contributed by atoms with Crippen LogP contribution in [0.15, 0.2) is 77.7 Å². The summed E-state index contributed by atoms with van der Waals surface area (Å²) in [5, 5.41) is 0. The number of carbonyl (C=O) groups is 1. The number of hydrogen-bond acceptors (Lipinski definition) is 5. The summed E-state index contributed by atoms with van der Waals surface area (Å²) >= 11 is 0. The third kappa shape index (κ3) is 6.25. The normalized spacial score (nSPS) is 14.1. The van der Waals surface area contributed by atoms with Gasteiger partial charge in [0.05, 0.1) is 17.9 Å². The van der Waals surface area contributed by atoms with E-state index in [1.165, 1.54) is 19.2 Å². The van der Waals surface area contributed by atoms with Crippen LogP contribution in [0.5, 0.6) is 5.75 Å².